The van der Waals surface area contributed by atoms with Gasteiger partial charge in [-0.05, 0) is 37.1 Å². The van der Waals surface area contributed by atoms with E-state index >= 15 is 0 Å². The molecule has 4 nitrogen and oxygen atoms in total. The van der Waals surface area contributed by atoms with Crippen molar-refractivity contribution in [3.8, 4) is 11.4 Å². The van der Waals surface area contributed by atoms with Crippen LogP contribution in [0.2, 0.25) is 0 Å². The zero-order chi connectivity index (χ0) is 17.4. The Labute approximate surface area is 147 Å². The number of carbonyl (C=O) groups excluding carboxylic acids is 1. The summed E-state index contributed by atoms with van der Waals surface area (Å²) >= 11 is 0. The minimum absolute atomic E-state index is 0.106. The van der Waals surface area contributed by atoms with Gasteiger partial charge in [-0.15, -0.1) is 0 Å². The Bertz CT molecular complexity index is 928. The minimum atomic E-state index is 0.106. The van der Waals surface area contributed by atoms with E-state index in [0.717, 1.165) is 40.4 Å². The Balaban J connectivity index is 1.81. The van der Waals surface area contributed by atoms with Crippen LogP contribution in [-0.2, 0) is 6.42 Å². The molecule has 0 amide bonds. The first kappa shape index (κ1) is 15.6. The van der Waals surface area contributed by atoms with Crippen molar-refractivity contribution < 1.29 is 9.53 Å². The van der Waals surface area contributed by atoms with Crippen LogP contribution < -0.4 is 4.74 Å². The second-order valence-corrected chi connectivity index (χ2v) is 6.42. The highest BCUT2D eigenvalue weighted by molar-refractivity contribution is 6.00. The molecule has 126 valence electrons. The molecule has 0 bridgehead atoms. The van der Waals surface area contributed by atoms with Crippen LogP contribution in [0.1, 0.15) is 39.6 Å². The van der Waals surface area contributed by atoms with Crippen molar-refractivity contribution >= 4 is 5.78 Å². The molecule has 3 aromatic rings. The van der Waals surface area contributed by atoms with E-state index in [2.05, 4.69) is 11.2 Å². The van der Waals surface area contributed by atoms with Gasteiger partial charge in [0.15, 0.2) is 5.78 Å². The minimum Gasteiger partial charge on any atom is -0.496 e. The summed E-state index contributed by atoms with van der Waals surface area (Å²) in [5.74, 6) is 1.11. The number of ether oxygens (including phenoxy) is 1. The summed E-state index contributed by atoms with van der Waals surface area (Å²) in [7, 11) is 1.67. The lowest BCUT2D eigenvalue weighted by atomic mass is 9.81. The Morgan fingerprint density at radius 2 is 1.76 bits per heavy atom. The molecule has 0 N–H and O–H groups in total. The molecular weight excluding hydrogens is 312 g/mol. The molecule has 2 aromatic carbocycles. The molecule has 0 saturated carbocycles. The summed E-state index contributed by atoms with van der Waals surface area (Å²) in [5.41, 5.74) is 4.66. The summed E-state index contributed by atoms with van der Waals surface area (Å²) in [5, 5.41) is 4.65. The number of hydrogen-bond acceptors (Lipinski definition) is 3. The van der Waals surface area contributed by atoms with Crippen LogP contribution in [0, 0.1) is 6.92 Å². The zero-order valence-corrected chi connectivity index (χ0v) is 14.4. The normalized spacial score (nSPS) is 16.6. The van der Waals surface area contributed by atoms with Crippen LogP contribution in [0.3, 0.4) is 0 Å². The monoisotopic (exact) mass is 332 g/mol. The average Bonchev–Trinajstić information content (AvgIpc) is 2.99. The number of aryl methyl sites for hydroxylation is 1. The predicted octanol–water partition coefficient (Wildman–Crippen LogP) is 4.10. The molecule has 1 aliphatic rings. The molecule has 0 fully saturated rings. The van der Waals surface area contributed by atoms with Crippen molar-refractivity contribution in [1.82, 2.24) is 9.78 Å². The van der Waals surface area contributed by atoms with E-state index in [1.165, 1.54) is 0 Å². The number of benzene rings is 2. The Morgan fingerprint density at radius 1 is 1.04 bits per heavy atom. The molecule has 1 atom stereocenters. The average molecular weight is 332 g/mol. The second-order valence-electron chi connectivity index (χ2n) is 6.42. The van der Waals surface area contributed by atoms with Gasteiger partial charge in [0.1, 0.15) is 5.75 Å². The highest BCUT2D eigenvalue weighted by Crippen LogP contribution is 2.38. The summed E-state index contributed by atoms with van der Waals surface area (Å²) in [6.45, 7) is 1.92. The number of aromatic nitrogens is 2. The van der Waals surface area contributed by atoms with Gasteiger partial charge in [0.2, 0.25) is 0 Å². The van der Waals surface area contributed by atoms with E-state index in [-0.39, 0.29) is 11.7 Å². The fourth-order valence-electron chi connectivity index (χ4n) is 3.76. The van der Waals surface area contributed by atoms with E-state index in [4.69, 9.17) is 4.74 Å². The molecule has 1 aliphatic carbocycles. The lowest BCUT2D eigenvalue weighted by Crippen LogP contribution is -2.21. The van der Waals surface area contributed by atoms with E-state index in [1.807, 2.05) is 60.1 Å². The van der Waals surface area contributed by atoms with Crippen molar-refractivity contribution in [2.75, 3.05) is 7.11 Å². The summed E-state index contributed by atoms with van der Waals surface area (Å²) in [6.07, 6.45) is 1.27. The van der Waals surface area contributed by atoms with E-state index in [9.17, 15) is 4.79 Å². The van der Waals surface area contributed by atoms with E-state index in [1.54, 1.807) is 7.11 Å². The lowest BCUT2D eigenvalue weighted by molar-refractivity contribution is 0.0963. The Hall–Kier alpha value is -2.88. The summed E-state index contributed by atoms with van der Waals surface area (Å²) in [6, 6.07) is 18.0. The number of ketones is 1. The van der Waals surface area contributed by atoms with Gasteiger partial charge in [-0.2, -0.15) is 5.10 Å². The van der Waals surface area contributed by atoms with Crippen LogP contribution in [0.5, 0.6) is 5.75 Å². The molecule has 1 aromatic heterocycles. The number of fused-ring (bicyclic) bond motifs is 1. The van der Waals surface area contributed by atoms with Crippen molar-refractivity contribution in [2.45, 2.75) is 25.7 Å². The molecule has 0 radical (unpaired) electrons. The van der Waals surface area contributed by atoms with Crippen LogP contribution in [0.15, 0.2) is 54.6 Å². The van der Waals surface area contributed by atoms with Crippen LogP contribution in [0.4, 0.5) is 0 Å². The third-order valence-corrected chi connectivity index (χ3v) is 4.89. The highest BCUT2D eigenvalue weighted by Gasteiger charge is 2.33. The molecular formula is C21H20N2O2. The van der Waals surface area contributed by atoms with Crippen LogP contribution in [0.25, 0.3) is 5.69 Å². The quantitative estimate of drug-likeness (QED) is 0.725. The molecule has 4 rings (SSSR count). The standard InChI is InChI=1S/C21H20N2O2/c1-14-21-18(23(22-14)16-8-4-3-5-9-16)12-15(13-19(21)24)17-10-6-7-11-20(17)25-2/h3-11,15H,12-13H2,1-2H3. The lowest BCUT2D eigenvalue weighted by Gasteiger charge is -2.24. The molecule has 1 heterocycles. The first-order valence-corrected chi connectivity index (χ1v) is 8.49. The van der Waals surface area contributed by atoms with Gasteiger partial charge in [0, 0.05) is 12.3 Å². The SMILES string of the molecule is COc1ccccc1C1CC(=O)c2c(C)nn(-c3ccccc3)c2C1. The molecule has 0 aliphatic heterocycles. The van der Waals surface area contributed by atoms with Gasteiger partial charge in [-0.1, -0.05) is 36.4 Å². The smallest absolute Gasteiger partial charge is 0.167 e. The third kappa shape index (κ3) is 2.64. The number of hydrogen-bond donors (Lipinski definition) is 0. The van der Waals surface area contributed by atoms with Crippen molar-refractivity contribution in [2.24, 2.45) is 0 Å². The van der Waals surface area contributed by atoms with Crippen molar-refractivity contribution in [1.29, 1.82) is 0 Å². The first-order chi connectivity index (χ1) is 12.2. The van der Waals surface area contributed by atoms with Gasteiger partial charge in [0.05, 0.1) is 29.7 Å². The number of methoxy groups -OCH3 is 1. The van der Waals surface area contributed by atoms with Gasteiger partial charge in [-0.3, -0.25) is 4.79 Å². The topological polar surface area (TPSA) is 44.1 Å². The molecule has 4 heteroatoms. The van der Waals surface area contributed by atoms with E-state index < -0.39 is 0 Å². The Kier molecular flexibility index (Phi) is 3.88. The number of para-hydroxylation sites is 2. The van der Waals surface area contributed by atoms with Gasteiger partial charge in [-0.25, -0.2) is 4.68 Å². The number of carbonyl (C=O) groups is 1. The maximum absolute atomic E-state index is 12.8. The molecule has 25 heavy (non-hydrogen) atoms. The van der Waals surface area contributed by atoms with Crippen LogP contribution in [-0.4, -0.2) is 22.7 Å². The zero-order valence-electron chi connectivity index (χ0n) is 14.4. The first-order valence-electron chi connectivity index (χ1n) is 8.49. The maximum atomic E-state index is 12.8. The van der Waals surface area contributed by atoms with Crippen molar-refractivity contribution in [3.63, 3.8) is 0 Å². The van der Waals surface area contributed by atoms with E-state index in [0.29, 0.717) is 6.42 Å². The largest absolute Gasteiger partial charge is 0.496 e. The molecule has 0 spiro atoms. The Morgan fingerprint density at radius 3 is 2.52 bits per heavy atom. The second kappa shape index (κ2) is 6.20. The van der Waals surface area contributed by atoms with Crippen molar-refractivity contribution in [3.05, 3.63) is 77.1 Å². The fourth-order valence-corrected chi connectivity index (χ4v) is 3.76. The van der Waals surface area contributed by atoms with Gasteiger partial charge in [0.25, 0.3) is 0 Å². The highest BCUT2D eigenvalue weighted by atomic mass is 16.5. The van der Waals surface area contributed by atoms with Gasteiger partial charge >= 0.3 is 0 Å². The van der Waals surface area contributed by atoms with Crippen LogP contribution >= 0.6 is 0 Å². The molecule has 0 saturated heterocycles. The molecule has 1 unspecified atom stereocenters. The summed E-state index contributed by atoms with van der Waals surface area (Å²) < 4.78 is 7.43. The fraction of sp³-hybridized carbons (Fsp3) is 0.238. The number of rotatable bonds is 3. The summed E-state index contributed by atoms with van der Waals surface area (Å²) in [4.78, 5) is 12.8. The number of nitrogens with zero attached hydrogens (tertiary/aromatic N) is 2. The predicted molar refractivity (Wildman–Crippen MR) is 96.7 cm³/mol. The van der Waals surface area contributed by atoms with Gasteiger partial charge < -0.3 is 4.74 Å². The maximum Gasteiger partial charge on any atom is 0.167 e. The third-order valence-electron chi connectivity index (χ3n) is 4.89. The number of Topliss-reactive ketones (excluding diaryl/α,β-unsaturated/α-hetero) is 1.